The third-order valence-electron chi connectivity index (χ3n) is 9.39. The fraction of sp³-hybridized carbons (Fsp3) is 0.395. The summed E-state index contributed by atoms with van der Waals surface area (Å²) in [7, 11) is 6.32. The number of ether oxygens (including phenoxy) is 4. The number of fused-ring (bicyclic) bond motifs is 4. The fourth-order valence-electron chi connectivity index (χ4n) is 6.62. The van der Waals surface area contributed by atoms with Crippen molar-refractivity contribution in [3.63, 3.8) is 0 Å². The molecule has 2 amide bonds. The molecule has 4 N–H and O–H groups in total. The van der Waals surface area contributed by atoms with Gasteiger partial charge < -0.3 is 39.9 Å². The van der Waals surface area contributed by atoms with Gasteiger partial charge in [0.15, 0.2) is 11.5 Å². The Morgan fingerprint density at radius 2 is 1.76 bits per heavy atom. The molecule has 0 bridgehead atoms. The lowest BCUT2D eigenvalue weighted by Gasteiger charge is -2.24. The Morgan fingerprint density at radius 1 is 0.980 bits per heavy atom. The maximum atomic E-state index is 13.9. The highest BCUT2D eigenvalue weighted by Crippen LogP contribution is 2.50. The molecule has 3 aromatic carbocycles. The second kappa shape index (κ2) is 15.4. The zero-order chi connectivity index (χ0) is 35.2. The molecule has 3 atom stereocenters. The summed E-state index contributed by atoms with van der Waals surface area (Å²) < 4.78 is 22.6. The minimum absolute atomic E-state index is 0.0789. The molecule has 5 rings (SSSR count). The fourth-order valence-corrected chi connectivity index (χ4v) is 6.62. The molecule has 1 heterocycles. The van der Waals surface area contributed by atoms with Gasteiger partial charge in [-0.1, -0.05) is 26.3 Å². The van der Waals surface area contributed by atoms with Gasteiger partial charge in [-0.3, -0.25) is 14.4 Å². The van der Waals surface area contributed by atoms with Crippen LogP contribution in [0.4, 0.5) is 5.69 Å². The Morgan fingerprint density at radius 3 is 2.43 bits per heavy atom. The molecule has 0 aliphatic heterocycles. The van der Waals surface area contributed by atoms with Crippen molar-refractivity contribution in [3.8, 4) is 34.1 Å². The zero-order valence-corrected chi connectivity index (χ0v) is 29.2. The van der Waals surface area contributed by atoms with Gasteiger partial charge in [-0.05, 0) is 83.8 Å². The second-order valence-corrected chi connectivity index (χ2v) is 12.4. The summed E-state index contributed by atoms with van der Waals surface area (Å²) in [6.07, 6.45) is 4.42. The lowest BCUT2D eigenvalue weighted by molar-refractivity contribution is -0.123. The molecular formula is C38H46N4O7. The Labute approximate surface area is 286 Å². The largest absolute Gasteiger partial charge is 0.497 e. The van der Waals surface area contributed by atoms with E-state index in [2.05, 4.69) is 20.9 Å². The summed E-state index contributed by atoms with van der Waals surface area (Å²) in [5.41, 5.74) is 5.11. The van der Waals surface area contributed by atoms with Gasteiger partial charge in [0.2, 0.25) is 23.0 Å². The van der Waals surface area contributed by atoms with Crippen molar-refractivity contribution in [2.45, 2.75) is 58.5 Å². The van der Waals surface area contributed by atoms with Crippen LogP contribution in [-0.2, 0) is 22.4 Å². The van der Waals surface area contributed by atoms with Crippen molar-refractivity contribution in [1.82, 2.24) is 15.6 Å². The van der Waals surface area contributed by atoms with Crippen molar-refractivity contribution in [3.05, 3.63) is 75.6 Å². The van der Waals surface area contributed by atoms with Crippen LogP contribution in [0.5, 0.6) is 23.0 Å². The van der Waals surface area contributed by atoms with Crippen LogP contribution in [0.2, 0.25) is 0 Å². The van der Waals surface area contributed by atoms with Crippen LogP contribution in [0.15, 0.2) is 53.5 Å². The first-order chi connectivity index (χ1) is 23.6. The average molecular weight is 671 g/mol. The number of aromatic amines is 1. The predicted octanol–water partition coefficient (Wildman–Crippen LogP) is 5.54. The molecule has 0 radical (unpaired) electrons. The van der Waals surface area contributed by atoms with Gasteiger partial charge in [0.1, 0.15) is 11.8 Å². The number of anilines is 1. The Balaban J connectivity index is 1.48. The molecule has 3 unspecified atom stereocenters. The number of hydrogen-bond donors (Lipinski definition) is 4. The average Bonchev–Trinajstić information content (AvgIpc) is 3.36. The van der Waals surface area contributed by atoms with Gasteiger partial charge in [0.05, 0.1) is 40.2 Å². The molecule has 4 aromatic rings. The highest BCUT2D eigenvalue weighted by Gasteiger charge is 2.30. The molecule has 0 spiro atoms. The Kier molecular flexibility index (Phi) is 11.0. The number of carbonyl (C=O) groups is 2. The van der Waals surface area contributed by atoms with Crippen LogP contribution in [0.1, 0.15) is 56.3 Å². The van der Waals surface area contributed by atoms with Gasteiger partial charge in [0.25, 0.3) is 0 Å². The van der Waals surface area contributed by atoms with Crippen LogP contribution in [0, 0.1) is 5.92 Å². The third kappa shape index (κ3) is 7.30. The number of aryl methyl sites for hydroxylation is 1. The molecule has 11 heteroatoms. The smallest absolute Gasteiger partial charge is 0.242 e. The molecule has 1 aromatic heterocycles. The number of H-pyrrole nitrogens is 1. The van der Waals surface area contributed by atoms with Crippen molar-refractivity contribution in [2.75, 3.05) is 40.3 Å². The topological polar surface area (TPSA) is 140 Å². The summed E-state index contributed by atoms with van der Waals surface area (Å²) in [6.45, 7) is 5.88. The Hall–Kier alpha value is -5.19. The molecular weight excluding hydrogens is 624 g/mol. The van der Waals surface area contributed by atoms with E-state index in [-0.39, 0.29) is 28.8 Å². The predicted molar refractivity (Wildman–Crippen MR) is 191 cm³/mol. The quantitative estimate of drug-likeness (QED) is 0.146. The molecule has 11 nitrogen and oxygen atoms in total. The van der Waals surface area contributed by atoms with Crippen LogP contribution >= 0.6 is 0 Å². The van der Waals surface area contributed by atoms with E-state index in [0.717, 1.165) is 33.3 Å². The van der Waals surface area contributed by atoms with Gasteiger partial charge in [-0.25, -0.2) is 0 Å². The van der Waals surface area contributed by atoms with Crippen LogP contribution in [-0.4, -0.2) is 57.8 Å². The van der Waals surface area contributed by atoms with E-state index < -0.39 is 12.1 Å². The normalized spacial score (nSPS) is 14.8. The van der Waals surface area contributed by atoms with Crippen LogP contribution in [0.3, 0.4) is 0 Å². The molecule has 1 aliphatic rings. The summed E-state index contributed by atoms with van der Waals surface area (Å²) in [4.78, 5) is 43.2. The maximum absolute atomic E-state index is 13.9. The molecule has 0 saturated heterocycles. The molecule has 0 saturated carbocycles. The summed E-state index contributed by atoms with van der Waals surface area (Å²) in [5, 5.41) is 10.4. The second-order valence-electron chi connectivity index (χ2n) is 12.4. The van der Waals surface area contributed by atoms with Crippen molar-refractivity contribution in [1.29, 1.82) is 0 Å². The summed E-state index contributed by atoms with van der Waals surface area (Å²) in [5.74, 6) is 1.71. The summed E-state index contributed by atoms with van der Waals surface area (Å²) >= 11 is 0. The highest BCUT2D eigenvalue weighted by molar-refractivity contribution is 5.87. The van der Waals surface area contributed by atoms with Crippen LogP contribution < -0.4 is 40.3 Å². The number of methoxy groups -OCH3 is 4. The Bertz CT molecular complexity index is 1900. The van der Waals surface area contributed by atoms with Crippen molar-refractivity contribution < 1.29 is 28.5 Å². The van der Waals surface area contributed by atoms with Crippen molar-refractivity contribution in [2.24, 2.45) is 5.92 Å². The van der Waals surface area contributed by atoms with Gasteiger partial charge in [-0.2, -0.15) is 0 Å². The van der Waals surface area contributed by atoms with Crippen molar-refractivity contribution >= 4 is 28.4 Å². The maximum Gasteiger partial charge on any atom is 0.242 e. The number of carbonyl (C=O) groups excluding carboxylic acids is 2. The van der Waals surface area contributed by atoms with Gasteiger partial charge in [-0.15, -0.1) is 0 Å². The van der Waals surface area contributed by atoms with E-state index in [0.29, 0.717) is 60.6 Å². The first-order valence-electron chi connectivity index (χ1n) is 16.6. The number of amides is 2. The SMILES string of the molecule is CCC(C)C(Nc1ccc2c(cc1=O)C(NC(C)=O)CCc1cc(OC)c(OC)c(OC)c1-2)C(=O)NCCc1c[nH]c2ccc(OC)cc12. The van der Waals surface area contributed by atoms with Gasteiger partial charge >= 0.3 is 0 Å². The van der Waals surface area contributed by atoms with Crippen LogP contribution in [0.25, 0.3) is 22.0 Å². The van der Waals surface area contributed by atoms with E-state index in [1.165, 1.54) is 6.92 Å². The molecule has 260 valence electrons. The first kappa shape index (κ1) is 35.1. The lowest BCUT2D eigenvalue weighted by atomic mass is 9.95. The zero-order valence-electron chi connectivity index (χ0n) is 29.2. The number of hydrogen-bond acceptors (Lipinski definition) is 8. The summed E-state index contributed by atoms with van der Waals surface area (Å²) in [6, 6.07) is 11.8. The minimum atomic E-state index is -0.666. The number of benzene rings is 2. The highest BCUT2D eigenvalue weighted by atomic mass is 16.5. The van der Waals surface area contributed by atoms with E-state index in [4.69, 9.17) is 18.9 Å². The number of aromatic nitrogens is 1. The van der Waals surface area contributed by atoms with Gasteiger partial charge in [0, 0.05) is 36.1 Å². The standard InChI is InChI=1S/C38H46N4O7/c1-8-21(2)35(38(45)39-16-15-24-20-40-29-13-10-25(46-4)18-27(24)29)42-31-14-11-26-28(19-32(31)44)30(41-22(3)43)12-9-23-17-33(47-5)36(48-6)37(49-7)34(23)26/h10-11,13-14,17-21,30,35,40H,8-9,12,15-16H2,1-7H3,(H,39,45)(H,41,43)(H,42,44). The van der Waals surface area contributed by atoms with E-state index >= 15 is 0 Å². The van der Waals surface area contributed by atoms with E-state index in [1.54, 1.807) is 40.6 Å². The third-order valence-corrected chi connectivity index (χ3v) is 9.39. The molecule has 1 aliphatic carbocycles. The van der Waals surface area contributed by atoms with E-state index in [9.17, 15) is 14.4 Å². The van der Waals surface area contributed by atoms with E-state index in [1.807, 2.05) is 50.4 Å². The number of rotatable bonds is 13. The molecule has 49 heavy (non-hydrogen) atoms. The monoisotopic (exact) mass is 670 g/mol. The first-order valence-corrected chi connectivity index (χ1v) is 16.6. The number of nitrogens with one attached hydrogen (secondary N) is 4. The lowest BCUT2D eigenvalue weighted by Crippen LogP contribution is -2.45. The molecule has 0 fully saturated rings. The minimum Gasteiger partial charge on any atom is -0.497 e.